The average molecular weight is 257 g/mol. The number of Topliss-reactive ketones (excluding diaryl/α,β-unsaturated/α-hetero) is 1. The third kappa shape index (κ3) is 3.03. The van der Waals surface area contributed by atoms with E-state index in [1.54, 1.807) is 24.3 Å². The molecule has 5 heteroatoms. The lowest BCUT2D eigenvalue weighted by Gasteiger charge is -2.27. The molecule has 0 N–H and O–H groups in total. The van der Waals surface area contributed by atoms with Crippen molar-refractivity contribution in [1.82, 2.24) is 0 Å². The van der Waals surface area contributed by atoms with E-state index in [2.05, 4.69) is 0 Å². The summed E-state index contributed by atoms with van der Waals surface area (Å²) in [6.45, 7) is 0.374. The normalized spacial score (nSPS) is 15.6. The van der Waals surface area contributed by atoms with E-state index in [1.165, 1.54) is 11.8 Å². The first-order valence-corrected chi connectivity index (χ1v) is 5.82. The summed E-state index contributed by atoms with van der Waals surface area (Å²) >= 11 is 0. The van der Waals surface area contributed by atoms with Gasteiger partial charge in [0.15, 0.2) is 5.78 Å². The van der Waals surface area contributed by atoms with Gasteiger partial charge in [-0.15, -0.1) is 0 Å². The fraction of sp³-hybridized carbons (Fsp3) is 0.462. The zero-order valence-electron chi connectivity index (χ0n) is 10.00. The molecule has 0 heterocycles. The standard InChI is InChI=1S/C13H14F3NO/c1-9(18)11-4-2-3-5-12(11)17(10-6-7-10)8-13(14,15)16/h2-5,10H,6-8H2,1H3. The van der Waals surface area contributed by atoms with E-state index >= 15 is 0 Å². The van der Waals surface area contributed by atoms with Gasteiger partial charge in [0.05, 0.1) is 0 Å². The topological polar surface area (TPSA) is 20.3 Å². The van der Waals surface area contributed by atoms with Gasteiger partial charge in [0.25, 0.3) is 0 Å². The van der Waals surface area contributed by atoms with Crippen LogP contribution in [0.4, 0.5) is 18.9 Å². The smallest absolute Gasteiger partial charge is 0.359 e. The third-order valence-corrected chi connectivity index (χ3v) is 2.93. The van der Waals surface area contributed by atoms with E-state index in [0.29, 0.717) is 11.3 Å². The Labute approximate surface area is 103 Å². The molecule has 98 valence electrons. The molecule has 1 fully saturated rings. The predicted molar refractivity (Wildman–Crippen MR) is 62.9 cm³/mol. The van der Waals surface area contributed by atoms with Gasteiger partial charge < -0.3 is 4.90 Å². The zero-order valence-corrected chi connectivity index (χ0v) is 10.00. The molecule has 0 aromatic heterocycles. The van der Waals surface area contributed by atoms with Gasteiger partial charge in [0.2, 0.25) is 0 Å². The zero-order chi connectivity index (χ0) is 13.3. The van der Waals surface area contributed by atoms with Gasteiger partial charge in [-0.3, -0.25) is 4.79 Å². The maximum Gasteiger partial charge on any atom is 0.405 e. The molecule has 18 heavy (non-hydrogen) atoms. The molecule has 0 aliphatic heterocycles. The number of halogens is 3. The Morgan fingerprint density at radius 3 is 2.44 bits per heavy atom. The number of carbonyl (C=O) groups is 1. The lowest BCUT2D eigenvalue weighted by Crippen LogP contribution is -2.36. The number of hydrogen-bond acceptors (Lipinski definition) is 2. The van der Waals surface area contributed by atoms with Gasteiger partial charge in [0.1, 0.15) is 6.54 Å². The van der Waals surface area contributed by atoms with E-state index in [9.17, 15) is 18.0 Å². The highest BCUT2D eigenvalue weighted by molar-refractivity contribution is 5.99. The summed E-state index contributed by atoms with van der Waals surface area (Å²) in [5.41, 5.74) is 0.749. The van der Waals surface area contributed by atoms with Crippen LogP contribution in [-0.4, -0.2) is 24.5 Å². The average Bonchev–Trinajstić information content (AvgIpc) is 3.08. The molecule has 1 saturated carbocycles. The minimum absolute atomic E-state index is 0.0906. The van der Waals surface area contributed by atoms with Gasteiger partial charge in [-0.05, 0) is 31.9 Å². The summed E-state index contributed by atoms with van der Waals surface area (Å²) in [5, 5.41) is 0. The number of benzene rings is 1. The van der Waals surface area contributed by atoms with Crippen LogP contribution < -0.4 is 4.90 Å². The molecule has 0 amide bonds. The number of nitrogens with zero attached hydrogens (tertiary/aromatic N) is 1. The molecule has 1 aromatic carbocycles. The van der Waals surface area contributed by atoms with Gasteiger partial charge in [-0.25, -0.2) is 0 Å². The summed E-state index contributed by atoms with van der Waals surface area (Å²) in [6, 6.07) is 6.39. The molecule has 2 rings (SSSR count). The minimum Gasteiger partial charge on any atom is -0.359 e. The predicted octanol–water partition coefficient (Wildman–Crippen LogP) is 3.42. The van der Waals surface area contributed by atoms with Crippen molar-refractivity contribution in [3.8, 4) is 0 Å². The number of anilines is 1. The highest BCUT2D eigenvalue weighted by Gasteiger charge is 2.39. The lowest BCUT2D eigenvalue weighted by molar-refractivity contribution is -0.120. The first kappa shape index (κ1) is 12.9. The summed E-state index contributed by atoms with van der Waals surface area (Å²) in [7, 11) is 0. The maximum atomic E-state index is 12.6. The molecule has 0 spiro atoms. The number of rotatable bonds is 4. The molecule has 0 unspecified atom stereocenters. The van der Waals surface area contributed by atoms with Crippen molar-refractivity contribution >= 4 is 11.5 Å². The van der Waals surface area contributed by atoms with Crippen LogP contribution in [0, 0.1) is 0 Å². The Morgan fingerprint density at radius 1 is 1.33 bits per heavy atom. The second kappa shape index (κ2) is 4.63. The van der Waals surface area contributed by atoms with Crippen LogP contribution in [0.5, 0.6) is 0 Å². The molecule has 0 saturated heterocycles. The van der Waals surface area contributed by atoms with Crippen LogP contribution in [-0.2, 0) is 0 Å². The number of ketones is 1. The first-order chi connectivity index (χ1) is 8.38. The van der Waals surface area contributed by atoms with Crippen molar-refractivity contribution in [1.29, 1.82) is 0 Å². The summed E-state index contributed by atoms with van der Waals surface area (Å²) < 4.78 is 37.8. The molecule has 2 nitrogen and oxygen atoms in total. The van der Waals surface area contributed by atoms with Gasteiger partial charge in [-0.2, -0.15) is 13.2 Å². The number of hydrogen-bond donors (Lipinski definition) is 0. The Hall–Kier alpha value is -1.52. The SMILES string of the molecule is CC(=O)c1ccccc1N(CC(F)(F)F)C1CC1. The van der Waals surface area contributed by atoms with Crippen molar-refractivity contribution < 1.29 is 18.0 Å². The molecular formula is C13H14F3NO. The van der Waals surface area contributed by atoms with E-state index in [0.717, 1.165) is 12.8 Å². The Kier molecular flexibility index (Phi) is 3.32. The van der Waals surface area contributed by atoms with Crippen LogP contribution in [0.15, 0.2) is 24.3 Å². The minimum atomic E-state index is -4.26. The van der Waals surface area contributed by atoms with Crippen molar-refractivity contribution in [2.45, 2.75) is 32.0 Å². The maximum absolute atomic E-state index is 12.6. The van der Waals surface area contributed by atoms with Crippen LogP contribution in [0.25, 0.3) is 0 Å². The van der Waals surface area contributed by atoms with Crippen molar-refractivity contribution in [3.05, 3.63) is 29.8 Å². The van der Waals surface area contributed by atoms with Crippen molar-refractivity contribution in [2.24, 2.45) is 0 Å². The summed E-state index contributed by atoms with van der Waals surface area (Å²) in [6.07, 6.45) is -2.75. The molecule has 0 atom stereocenters. The van der Waals surface area contributed by atoms with Crippen LogP contribution >= 0.6 is 0 Å². The Balaban J connectivity index is 2.33. The van der Waals surface area contributed by atoms with Crippen molar-refractivity contribution in [2.75, 3.05) is 11.4 Å². The summed E-state index contributed by atoms with van der Waals surface area (Å²) in [5.74, 6) is -0.210. The number of alkyl halides is 3. The van der Waals surface area contributed by atoms with Gasteiger partial charge in [-0.1, -0.05) is 12.1 Å². The molecule has 1 aromatic rings. The van der Waals surface area contributed by atoms with E-state index < -0.39 is 12.7 Å². The third-order valence-electron chi connectivity index (χ3n) is 2.93. The highest BCUT2D eigenvalue weighted by atomic mass is 19.4. The van der Waals surface area contributed by atoms with E-state index in [4.69, 9.17) is 0 Å². The lowest BCUT2D eigenvalue weighted by atomic mass is 10.1. The van der Waals surface area contributed by atoms with E-state index in [-0.39, 0.29) is 11.8 Å². The molecule has 1 aliphatic rings. The van der Waals surface area contributed by atoms with Crippen LogP contribution in [0.3, 0.4) is 0 Å². The fourth-order valence-electron chi connectivity index (χ4n) is 2.01. The van der Waals surface area contributed by atoms with Gasteiger partial charge in [0, 0.05) is 17.3 Å². The largest absolute Gasteiger partial charge is 0.405 e. The molecule has 0 radical (unpaired) electrons. The first-order valence-electron chi connectivity index (χ1n) is 5.82. The van der Waals surface area contributed by atoms with Crippen LogP contribution in [0.2, 0.25) is 0 Å². The monoisotopic (exact) mass is 257 g/mol. The molecule has 0 bridgehead atoms. The number of para-hydroxylation sites is 1. The second-order valence-electron chi connectivity index (χ2n) is 4.55. The fourth-order valence-corrected chi connectivity index (χ4v) is 2.01. The molecular weight excluding hydrogens is 243 g/mol. The van der Waals surface area contributed by atoms with Gasteiger partial charge >= 0.3 is 6.18 Å². The van der Waals surface area contributed by atoms with E-state index in [1.807, 2.05) is 0 Å². The number of carbonyl (C=O) groups excluding carboxylic acids is 1. The molecule has 1 aliphatic carbocycles. The Morgan fingerprint density at radius 2 is 1.94 bits per heavy atom. The van der Waals surface area contributed by atoms with Crippen LogP contribution in [0.1, 0.15) is 30.1 Å². The Bertz CT molecular complexity index is 452. The highest BCUT2D eigenvalue weighted by Crippen LogP contribution is 2.36. The summed E-state index contributed by atoms with van der Waals surface area (Å²) in [4.78, 5) is 12.8. The van der Waals surface area contributed by atoms with Crippen molar-refractivity contribution in [3.63, 3.8) is 0 Å². The second-order valence-corrected chi connectivity index (χ2v) is 4.55. The quantitative estimate of drug-likeness (QED) is 0.770.